The zero-order valence-electron chi connectivity index (χ0n) is 14.3. The van der Waals surface area contributed by atoms with E-state index in [9.17, 15) is 4.46 Å². The van der Waals surface area contributed by atoms with Crippen LogP contribution in [0.2, 0.25) is 0 Å². The van der Waals surface area contributed by atoms with E-state index in [2.05, 4.69) is 30.3 Å². The van der Waals surface area contributed by atoms with Crippen LogP contribution in [-0.2, 0) is 4.46 Å². The normalized spacial score (nSPS) is 10.5. The fourth-order valence-electron chi connectivity index (χ4n) is 3.26. The van der Waals surface area contributed by atoms with Crippen LogP contribution in [0.4, 0.5) is 0 Å². The van der Waals surface area contributed by atoms with Crippen molar-refractivity contribution in [1.29, 1.82) is 0 Å². The minimum Gasteiger partial charge on any atom is -0.376 e. The first-order chi connectivity index (χ1) is 12.8. The Morgan fingerprint density at radius 3 is 1.65 bits per heavy atom. The predicted molar refractivity (Wildman–Crippen MR) is 109 cm³/mol. The lowest BCUT2D eigenvalue weighted by molar-refractivity contribution is 0.575. The largest absolute Gasteiger partial charge is 0.376 e. The zero-order valence-corrected chi connectivity index (χ0v) is 15.3. The highest BCUT2D eigenvalue weighted by Gasteiger charge is 2.20. The van der Waals surface area contributed by atoms with Crippen LogP contribution in [0.3, 0.4) is 0 Å². The average molecular weight is 350 g/mol. The quantitative estimate of drug-likeness (QED) is 0.493. The van der Waals surface area contributed by atoms with E-state index in [0.717, 1.165) is 32.6 Å². The van der Waals surface area contributed by atoms with Gasteiger partial charge in [0.05, 0.1) is 0 Å². The molecule has 4 aromatic carbocycles. The van der Waals surface area contributed by atoms with Gasteiger partial charge in [-0.15, -0.1) is 0 Å². The van der Waals surface area contributed by atoms with Crippen molar-refractivity contribution < 1.29 is 4.46 Å². The molecule has 0 aliphatic heterocycles. The highest BCUT2D eigenvalue weighted by molar-refractivity contribution is 6.74. The summed E-state index contributed by atoms with van der Waals surface area (Å²) in [4.78, 5) is 0. The van der Waals surface area contributed by atoms with Crippen molar-refractivity contribution in [3.8, 4) is 22.3 Å². The molecule has 4 aromatic rings. The van der Waals surface area contributed by atoms with Gasteiger partial charge in [0.15, 0.2) is 0 Å². The molecule has 2 heteroatoms. The molecule has 0 aliphatic carbocycles. The Hall–Kier alpha value is -3.10. The lowest BCUT2D eigenvalue weighted by Crippen LogP contribution is -2.35. The molecular formula is C24H18OSi. The van der Waals surface area contributed by atoms with Crippen molar-refractivity contribution in [2.24, 2.45) is 0 Å². The van der Waals surface area contributed by atoms with E-state index in [1.807, 2.05) is 78.9 Å². The van der Waals surface area contributed by atoms with Crippen LogP contribution in [0.5, 0.6) is 0 Å². The molecule has 124 valence electrons. The van der Waals surface area contributed by atoms with E-state index < -0.39 is 8.68 Å². The molecule has 0 amide bonds. The first kappa shape index (κ1) is 16.4. The molecule has 0 bridgehead atoms. The molecule has 0 N–H and O–H groups in total. The molecule has 0 spiro atoms. The summed E-state index contributed by atoms with van der Waals surface area (Å²) in [7, 11) is -2.10. The first-order valence-corrected chi connectivity index (χ1v) is 10.1. The van der Waals surface area contributed by atoms with Crippen molar-refractivity contribution in [2.45, 2.75) is 0 Å². The summed E-state index contributed by atoms with van der Waals surface area (Å²) >= 11 is 0. The standard InChI is InChI=1S/C24H18OSi/c25-26(21-15-8-3-9-16-21)23-18-10-17-22(19-11-4-1-5-12-19)24(23)20-13-6-2-7-14-20/h1-18H. The maximum atomic E-state index is 13.4. The van der Waals surface area contributed by atoms with E-state index >= 15 is 0 Å². The van der Waals surface area contributed by atoms with Gasteiger partial charge in [0, 0.05) is 10.4 Å². The fourth-order valence-corrected chi connectivity index (χ4v) is 4.82. The van der Waals surface area contributed by atoms with Crippen LogP contribution in [0.15, 0.2) is 109 Å². The van der Waals surface area contributed by atoms with Gasteiger partial charge >= 0.3 is 8.68 Å². The van der Waals surface area contributed by atoms with Crippen molar-refractivity contribution in [3.05, 3.63) is 109 Å². The topological polar surface area (TPSA) is 17.1 Å². The third-order valence-electron chi connectivity index (χ3n) is 4.49. The molecule has 0 unspecified atom stereocenters. The molecule has 0 saturated carbocycles. The second kappa shape index (κ2) is 7.42. The average Bonchev–Trinajstić information content (AvgIpc) is 2.74. The van der Waals surface area contributed by atoms with Gasteiger partial charge in [-0.1, -0.05) is 109 Å². The Morgan fingerprint density at radius 1 is 0.500 bits per heavy atom. The maximum absolute atomic E-state index is 13.4. The molecule has 0 aliphatic rings. The van der Waals surface area contributed by atoms with Crippen molar-refractivity contribution in [2.75, 3.05) is 0 Å². The van der Waals surface area contributed by atoms with Gasteiger partial charge in [0.25, 0.3) is 0 Å². The number of hydrogen-bond donors (Lipinski definition) is 0. The zero-order chi connectivity index (χ0) is 17.8. The maximum Gasteiger partial charge on any atom is 0.347 e. The Balaban J connectivity index is 1.97. The number of benzene rings is 4. The minimum absolute atomic E-state index is 0.889. The molecular weight excluding hydrogens is 332 g/mol. The number of hydrogen-bond acceptors (Lipinski definition) is 1. The molecule has 0 saturated heterocycles. The third-order valence-corrected chi connectivity index (χ3v) is 6.26. The SMILES string of the molecule is O=[Si](c1ccccc1)c1cccc(-c2ccccc2)c1-c1ccccc1. The lowest BCUT2D eigenvalue weighted by Gasteiger charge is -2.15. The van der Waals surface area contributed by atoms with Gasteiger partial charge in [-0.05, 0) is 22.3 Å². The molecule has 4 rings (SSSR count). The second-order valence-electron chi connectivity index (χ2n) is 6.16. The van der Waals surface area contributed by atoms with Crippen LogP contribution < -0.4 is 10.4 Å². The van der Waals surface area contributed by atoms with Crippen molar-refractivity contribution in [1.82, 2.24) is 0 Å². The van der Waals surface area contributed by atoms with Crippen LogP contribution in [0.1, 0.15) is 0 Å². The van der Waals surface area contributed by atoms with Gasteiger partial charge in [-0.2, -0.15) is 0 Å². The van der Waals surface area contributed by atoms with E-state index in [1.54, 1.807) is 0 Å². The Kier molecular flexibility index (Phi) is 4.67. The van der Waals surface area contributed by atoms with E-state index in [1.165, 1.54) is 0 Å². The van der Waals surface area contributed by atoms with Crippen LogP contribution in [-0.4, -0.2) is 8.68 Å². The fraction of sp³-hybridized carbons (Fsp3) is 0. The summed E-state index contributed by atoms with van der Waals surface area (Å²) in [5, 5.41) is 1.80. The van der Waals surface area contributed by atoms with E-state index in [0.29, 0.717) is 0 Å². The second-order valence-corrected chi connectivity index (χ2v) is 7.93. The van der Waals surface area contributed by atoms with Gasteiger partial charge in [-0.3, -0.25) is 0 Å². The van der Waals surface area contributed by atoms with Gasteiger partial charge in [0.2, 0.25) is 0 Å². The van der Waals surface area contributed by atoms with Gasteiger partial charge in [0.1, 0.15) is 0 Å². The molecule has 0 radical (unpaired) electrons. The first-order valence-electron chi connectivity index (χ1n) is 8.68. The summed E-state index contributed by atoms with van der Waals surface area (Å²) < 4.78 is 13.4. The van der Waals surface area contributed by atoms with Crippen LogP contribution in [0, 0.1) is 0 Å². The highest BCUT2D eigenvalue weighted by atomic mass is 28.3. The highest BCUT2D eigenvalue weighted by Crippen LogP contribution is 2.30. The summed E-state index contributed by atoms with van der Waals surface area (Å²) in [6.45, 7) is 0. The van der Waals surface area contributed by atoms with Crippen molar-refractivity contribution >= 4 is 19.1 Å². The van der Waals surface area contributed by atoms with Crippen LogP contribution in [0.25, 0.3) is 22.3 Å². The Morgan fingerprint density at radius 2 is 1.04 bits per heavy atom. The molecule has 1 nitrogen and oxygen atoms in total. The summed E-state index contributed by atoms with van der Waals surface area (Å²) in [6, 6.07) is 36.4. The molecule has 0 atom stereocenters. The van der Waals surface area contributed by atoms with E-state index in [4.69, 9.17) is 0 Å². The minimum atomic E-state index is -2.10. The molecule has 0 fully saturated rings. The molecule has 0 heterocycles. The Labute approximate surface area is 155 Å². The number of rotatable bonds is 4. The monoisotopic (exact) mass is 350 g/mol. The lowest BCUT2D eigenvalue weighted by atomic mass is 9.94. The third kappa shape index (κ3) is 3.19. The summed E-state index contributed by atoms with van der Waals surface area (Å²) in [6.07, 6.45) is 0. The predicted octanol–water partition coefficient (Wildman–Crippen LogP) is 4.56. The smallest absolute Gasteiger partial charge is 0.347 e. The molecule has 0 aromatic heterocycles. The van der Waals surface area contributed by atoms with E-state index in [-0.39, 0.29) is 0 Å². The Bertz CT molecular complexity index is 1030. The summed E-state index contributed by atoms with van der Waals surface area (Å²) in [5.41, 5.74) is 4.41. The van der Waals surface area contributed by atoms with Gasteiger partial charge < -0.3 is 4.46 Å². The molecule has 26 heavy (non-hydrogen) atoms. The van der Waals surface area contributed by atoms with Crippen LogP contribution >= 0.6 is 0 Å². The van der Waals surface area contributed by atoms with Gasteiger partial charge in [-0.25, -0.2) is 0 Å². The summed E-state index contributed by atoms with van der Waals surface area (Å²) in [5.74, 6) is 0. The van der Waals surface area contributed by atoms with Crippen molar-refractivity contribution in [3.63, 3.8) is 0 Å².